The van der Waals surface area contributed by atoms with Crippen LogP contribution in [0.5, 0.6) is 0 Å². The average molecular weight is 1130 g/mol. The second kappa shape index (κ2) is 20.7. The largest absolute Gasteiger partial charge is 0.309 e. The van der Waals surface area contributed by atoms with Crippen molar-refractivity contribution in [2.24, 2.45) is 0 Å². The van der Waals surface area contributed by atoms with E-state index in [4.69, 9.17) is 8.75 Å². The first-order chi connectivity index (χ1) is 41.9. The number of hydrogen-bond acceptors (Lipinski definition) is 4. The van der Waals surface area contributed by atoms with Gasteiger partial charge in [0.15, 0.2) is 0 Å². The van der Waals surface area contributed by atoms with Crippen LogP contribution in [0.15, 0.2) is 279 Å². The van der Waals surface area contributed by atoms with Crippen molar-refractivity contribution in [3.8, 4) is 61.3 Å². The highest BCUT2D eigenvalue weighted by molar-refractivity contribution is 7.00. The van der Waals surface area contributed by atoms with Crippen molar-refractivity contribution < 1.29 is 0 Å². The predicted molar refractivity (Wildman–Crippen MR) is 363 cm³/mol. The smallest absolute Gasteiger partial charge is 0.129 e. The van der Waals surface area contributed by atoms with E-state index in [9.17, 15) is 0 Å². The van der Waals surface area contributed by atoms with Crippen LogP contribution in [-0.2, 0) is 16.2 Å². The topological polar surface area (TPSA) is 34.0 Å². The molecule has 2 heterocycles. The first-order valence-corrected chi connectivity index (χ1v) is 30.6. The lowest BCUT2D eigenvalue weighted by atomic mass is 9.67. The van der Waals surface area contributed by atoms with Crippen molar-refractivity contribution in [3.05, 3.63) is 312 Å². The number of para-hydroxylation sites is 1. The molecule has 15 rings (SSSR count). The third-order valence-corrected chi connectivity index (χ3v) is 18.5. The summed E-state index contributed by atoms with van der Waals surface area (Å²) in [5, 5.41) is 2.45. The Morgan fingerprint density at radius 3 is 1.34 bits per heavy atom. The zero-order valence-corrected chi connectivity index (χ0v) is 50.1. The van der Waals surface area contributed by atoms with E-state index in [-0.39, 0.29) is 10.8 Å². The van der Waals surface area contributed by atoms with Gasteiger partial charge in [-0.3, -0.25) is 0 Å². The van der Waals surface area contributed by atoms with Gasteiger partial charge in [0.25, 0.3) is 0 Å². The Labute approximate surface area is 508 Å². The summed E-state index contributed by atoms with van der Waals surface area (Å²) in [5.41, 5.74) is 27.5. The first kappa shape index (κ1) is 52.8. The minimum atomic E-state index is -0.474. The molecule has 86 heavy (non-hydrogen) atoms. The van der Waals surface area contributed by atoms with E-state index in [0.717, 1.165) is 50.5 Å². The number of fused-ring (bicyclic) bond motifs is 7. The Kier molecular flexibility index (Phi) is 12.7. The summed E-state index contributed by atoms with van der Waals surface area (Å²) in [6.07, 6.45) is 0. The van der Waals surface area contributed by atoms with E-state index in [1.165, 1.54) is 106 Å². The van der Waals surface area contributed by atoms with Gasteiger partial charge in [-0.1, -0.05) is 242 Å². The summed E-state index contributed by atoms with van der Waals surface area (Å²) in [5.74, 6) is 0. The maximum Gasteiger partial charge on any atom is 0.129 e. The highest BCUT2D eigenvalue weighted by Gasteiger charge is 2.46. The van der Waals surface area contributed by atoms with Crippen molar-refractivity contribution in [3.63, 3.8) is 0 Å². The van der Waals surface area contributed by atoms with Gasteiger partial charge in [-0.2, -0.15) is 8.75 Å². The zero-order valence-electron chi connectivity index (χ0n) is 49.3. The fourth-order valence-electron chi connectivity index (χ4n) is 13.5. The summed E-state index contributed by atoms with van der Waals surface area (Å²) in [6, 6.07) is 103. The summed E-state index contributed by atoms with van der Waals surface area (Å²) in [6.45, 7) is 13.6. The predicted octanol–water partition coefficient (Wildman–Crippen LogP) is 21.9. The van der Waals surface area contributed by atoms with Gasteiger partial charge in [-0.25, -0.2) is 0 Å². The molecule has 2 aromatic heterocycles. The molecule has 0 amide bonds. The van der Waals surface area contributed by atoms with E-state index in [0.29, 0.717) is 0 Å². The third kappa shape index (κ3) is 8.87. The standard InChI is InChI=1S/C81H64N4S/c1-79(2,3)60-37-26-53(27-38-60)57-35-47-74-70(50-57)71-51-58(54-28-39-61(40-29-54)80(4,5)6)36-48-75(71)85(74)66-43-32-56(33-44-66)67-46-49-76(78-77(67)82-86-83-78)84(64-22-14-9-15-23-64)65-41-30-55(31-42-65)59-34-45-69-68-24-16-17-25-72(68)81(73(69)52-59,62-18-10-7-11-19-62)63-20-12-8-13-21-63/h7-52H,1-6H3. The second-order valence-electron chi connectivity index (χ2n) is 25.1. The molecule has 0 saturated carbocycles. The summed E-state index contributed by atoms with van der Waals surface area (Å²) in [4.78, 5) is 2.32. The van der Waals surface area contributed by atoms with E-state index in [2.05, 4.69) is 330 Å². The maximum absolute atomic E-state index is 5.05. The number of nitrogens with zero attached hydrogens (tertiary/aromatic N) is 4. The molecule has 0 bridgehead atoms. The van der Waals surface area contributed by atoms with Crippen LogP contribution < -0.4 is 4.90 Å². The molecule has 0 aliphatic heterocycles. The van der Waals surface area contributed by atoms with E-state index >= 15 is 0 Å². The Hall–Kier alpha value is -9.94. The van der Waals surface area contributed by atoms with Crippen molar-refractivity contribution in [1.29, 1.82) is 0 Å². The molecule has 414 valence electrons. The molecule has 5 heteroatoms. The lowest BCUT2D eigenvalue weighted by Gasteiger charge is -2.34. The molecule has 0 atom stereocenters. The van der Waals surface area contributed by atoms with Crippen LogP contribution in [0.2, 0.25) is 0 Å². The van der Waals surface area contributed by atoms with Gasteiger partial charge in [0.2, 0.25) is 0 Å². The Bertz CT molecular complexity index is 4680. The SMILES string of the molecule is CC(C)(C)c1ccc(-c2ccc3c(c2)c2cc(-c4ccc(C(C)(C)C)cc4)ccc2n3-c2ccc(-c3ccc(N(c4ccccc4)c4ccc(-c5ccc6c(c5)C(c5ccccc5)(c5ccccc5)c5ccccc5-6)cc4)c4nsnc34)cc2)cc1. The summed E-state index contributed by atoms with van der Waals surface area (Å²) >= 11 is 1.26. The molecule has 0 radical (unpaired) electrons. The molecule has 1 aliphatic carbocycles. The van der Waals surface area contributed by atoms with Gasteiger partial charge in [0.1, 0.15) is 11.0 Å². The lowest BCUT2D eigenvalue weighted by Crippen LogP contribution is -2.28. The quantitative estimate of drug-likeness (QED) is 0.137. The van der Waals surface area contributed by atoms with Gasteiger partial charge in [0, 0.05) is 33.4 Å². The van der Waals surface area contributed by atoms with Crippen LogP contribution in [-0.4, -0.2) is 13.3 Å². The van der Waals surface area contributed by atoms with Crippen molar-refractivity contribution in [2.75, 3.05) is 4.90 Å². The molecule has 4 nitrogen and oxygen atoms in total. The average Bonchev–Trinajstić information content (AvgIpc) is 2.03. The lowest BCUT2D eigenvalue weighted by molar-refractivity contribution is 0.590. The van der Waals surface area contributed by atoms with Crippen molar-refractivity contribution in [1.82, 2.24) is 13.3 Å². The third-order valence-electron chi connectivity index (χ3n) is 17.9. The Morgan fingerprint density at radius 2 is 0.779 bits per heavy atom. The van der Waals surface area contributed by atoms with E-state index in [1.54, 1.807) is 0 Å². The molecule has 1 aliphatic rings. The minimum absolute atomic E-state index is 0.0838. The van der Waals surface area contributed by atoms with Crippen LogP contribution in [0.25, 0.3) is 94.2 Å². The molecule has 0 unspecified atom stereocenters. The molecule has 0 fully saturated rings. The number of anilines is 3. The molecule has 14 aromatic rings. The number of benzene rings is 12. The molecular weight excluding hydrogens is 1060 g/mol. The van der Waals surface area contributed by atoms with Gasteiger partial charge in [-0.05, 0) is 173 Å². The van der Waals surface area contributed by atoms with Crippen LogP contribution in [0.4, 0.5) is 17.1 Å². The highest BCUT2D eigenvalue weighted by atomic mass is 32.1. The minimum Gasteiger partial charge on any atom is -0.309 e. The summed E-state index contributed by atoms with van der Waals surface area (Å²) < 4.78 is 12.5. The molecule has 0 N–H and O–H groups in total. The zero-order chi connectivity index (χ0) is 58.3. The van der Waals surface area contributed by atoms with Crippen LogP contribution in [0.3, 0.4) is 0 Å². The first-order valence-electron chi connectivity index (χ1n) is 29.9. The Morgan fingerprint density at radius 1 is 0.349 bits per heavy atom. The normalized spacial score (nSPS) is 12.9. The van der Waals surface area contributed by atoms with Gasteiger partial charge >= 0.3 is 0 Å². The molecular formula is C81H64N4S. The van der Waals surface area contributed by atoms with Crippen molar-refractivity contribution in [2.45, 2.75) is 57.8 Å². The van der Waals surface area contributed by atoms with Crippen LogP contribution in [0, 0.1) is 0 Å². The highest BCUT2D eigenvalue weighted by Crippen LogP contribution is 2.57. The molecule has 0 spiro atoms. The number of rotatable bonds is 10. The van der Waals surface area contributed by atoms with E-state index < -0.39 is 5.41 Å². The van der Waals surface area contributed by atoms with Gasteiger partial charge in [-0.15, -0.1) is 0 Å². The number of hydrogen-bond donors (Lipinski definition) is 0. The van der Waals surface area contributed by atoms with Crippen LogP contribution >= 0.6 is 11.7 Å². The molecule has 12 aromatic carbocycles. The van der Waals surface area contributed by atoms with Gasteiger partial charge in [0.05, 0.1) is 33.9 Å². The molecule has 0 saturated heterocycles. The van der Waals surface area contributed by atoms with Crippen LogP contribution in [0.1, 0.15) is 74.9 Å². The maximum atomic E-state index is 5.05. The van der Waals surface area contributed by atoms with Gasteiger partial charge < -0.3 is 9.47 Å². The monoisotopic (exact) mass is 1120 g/mol. The summed E-state index contributed by atoms with van der Waals surface area (Å²) in [7, 11) is 0. The van der Waals surface area contributed by atoms with E-state index in [1.807, 2.05) is 0 Å². The Balaban J connectivity index is 0.785. The fourth-order valence-corrected chi connectivity index (χ4v) is 14.0. The van der Waals surface area contributed by atoms with Crippen molar-refractivity contribution >= 4 is 61.6 Å². The fraction of sp³-hybridized carbons (Fsp3) is 0.111. The number of aromatic nitrogens is 3. The second-order valence-corrected chi connectivity index (χ2v) is 25.6.